The summed E-state index contributed by atoms with van der Waals surface area (Å²) < 4.78 is 40.3. The molecule has 0 aliphatic rings. The van der Waals surface area contributed by atoms with Crippen molar-refractivity contribution in [2.24, 2.45) is 0 Å². The van der Waals surface area contributed by atoms with Gasteiger partial charge in [-0.3, -0.25) is 4.79 Å². The molecule has 0 aliphatic heterocycles. The largest absolute Gasteiger partial charge is 0.411 e. The number of ether oxygens (including phenoxy) is 1. The number of ketones is 1. The molecule has 0 N–H and O–H groups in total. The fourth-order valence-corrected chi connectivity index (χ4v) is 1.61. The van der Waals surface area contributed by atoms with Crippen LogP contribution >= 0.6 is 15.9 Å². The number of rotatable bonds is 5. The van der Waals surface area contributed by atoms with Gasteiger partial charge in [-0.25, -0.2) is 0 Å². The predicted octanol–water partition coefficient (Wildman–Crippen LogP) is 3.14. The minimum atomic E-state index is -4.40. The third-order valence-electron chi connectivity index (χ3n) is 1.87. The van der Waals surface area contributed by atoms with Gasteiger partial charge in [-0.1, -0.05) is 34.1 Å². The van der Waals surface area contributed by atoms with Gasteiger partial charge in [0.25, 0.3) is 0 Å². The number of carbonyl (C=O) groups is 1. The van der Waals surface area contributed by atoms with E-state index in [4.69, 9.17) is 0 Å². The maximum atomic E-state index is 11.8. The molecule has 1 aromatic rings. The van der Waals surface area contributed by atoms with E-state index in [2.05, 4.69) is 20.7 Å². The van der Waals surface area contributed by atoms with Crippen LogP contribution in [0.1, 0.15) is 5.56 Å². The van der Waals surface area contributed by atoms with Crippen LogP contribution in [0, 0.1) is 0 Å². The summed E-state index contributed by atoms with van der Waals surface area (Å²) in [6, 6.07) is 7.03. The fourth-order valence-electron chi connectivity index (χ4n) is 1.19. The maximum absolute atomic E-state index is 11.8. The van der Waals surface area contributed by atoms with Crippen LogP contribution < -0.4 is 0 Å². The van der Waals surface area contributed by atoms with Crippen LogP contribution in [0.4, 0.5) is 13.2 Å². The van der Waals surface area contributed by atoms with Gasteiger partial charge in [-0.15, -0.1) is 0 Å². The minimum absolute atomic E-state index is 0.0548. The molecular weight excluding hydrogens is 301 g/mol. The topological polar surface area (TPSA) is 26.3 Å². The smallest absolute Gasteiger partial charge is 0.364 e. The SMILES string of the molecule is O=C(COCC(F)(F)F)Cc1ccccc1Br. The highest BCUT2D eigenvalue weighted by Gasteiger charge is 2.27. The van der Waals surface area contributed by atoms with Crippen LogP contribution in [0.3, 0.4) is 0 Å². The molecule has 0 fully saturated rings. The fraction of sp³-hybridized carbons (Fsp3) is 0.364. The Morgan fingerprint density at radius 2 is 1.94 bits per heavy atom. The Hall–Kier alpha value is -0.880. The van der Waals surface area contributed by atoms with Gasteiger partial charge < -0.3 is 4.74 Å². The van der Waals surface area contributed by atoms with Crippen molar-refractivity contribution in [2.45, 2.75) is 12.6 Å². The second kappa shape index (κ2) is 6.16. The van der Waals surface area contributed by atoms with Crippen molar-refractivity contribution in [1.29, 1.82) is 0 Å². The molecule has 6 heteroatoms. The van der Waals surface area contributed by atoms with E-state index >= 15 is 0 Å². The molecule has 0 unspecified atom stereocenters. The summed E-state index contributed by atoms with van der Waals surface area (Å²) in [5.41, 5.74) is 0.730. The van der Waals surface area contributed by atoms with E-state index in [0.29, 0.717) is 0 Å². The Labute approximate surface area is 105 Å². The average Bonchev–Trinajstić information content (AvgIpc) is 2.19. The van der Waals surface area contributed by atoms with Crippen molar-refractivity contribution in [3.63, 3.8) is 0 Å². The number of carbonyl (C=O) groups excluding carboxylic acids is 1. The van der Waals surface area contributed by atoms with Crippen molar-refractivity contribution in [3.05, 3.63) is 34.3 Å². The maximum Gasteiger partial charge on any atom is 0.411 e. The summed E-state index contributed by atoms with van der Waals surface area (Å²) in [5, 5.41) is 0. The predicted molar refractivity (Wildman–Crippen MR) is 59.7 cm³/mol. The molecule has 17 heavy (non-hydrogen) atoms. The van der Waals surface area contributed by atoms with Crippen molar-refractivity contribution in [1.82, 2.24) is 0 Å². The molecule has 0 aliphatic carbocycles. The minimum Gasteiger partial charge on any atom is -0.364 e. The average molecular weight is 311 g/mol. The molecule has 0 spiro atoms. The molecule has 0 saturated carbocycles. The van der Waals surface area contributed by atoms with Gasteiger partial charge in [0.05, 0.1) is 0 Å². The first kappa shape index (κ1) is 14.2. The summed E-state index contributed by atoms with van der Waals surface area (Å²) in [7, 11) is 0. The molecule has 0 atom stereocenters. The number of hydrogen-bond donors (Lipinski definition) is 0. The van der Waals surface area contributed by atoms with Gasteiger partial charge in [0, 0.05) is 10.9 Å². The van der Waals surface area contributed by atoms with E-state index in [1.807, 2.05) is 0 Å². The van der Waals surface area contributed by atoms with E-state index in [0.717, 1.165) is 10.0 Å². The molecule has 0 radical (unpaired) electrons. The zero-order valence-corrected chi connectivity index (χ0v) is 10.3. The third-order valence-corrected chi connectivity index (χ3v) is 2.65. The lowest BCUT2D eigenvalue weighted by atomic mass is 10.1. The summed E-state index contributed by atoms with van der Waals surface area (Å²) in [6.07, 6.45) is -4.34. The molecule has 94 valence electrons. The Balaban J connectivity index is 2.38. The first-order chi connectivity index (χ1) is 7.88. The van der Waals surface area contributed by atoms with E-state index < -0.39 is 19.4 Å². The van der Waals surface area contributed by atoms with E-state index in [-0.39, 0.29) is 12.2 Å². The van der Waals surface area contributed by atoms with E-state index in [1.165, 1.54) is 0 Å². The van der Waals surface area contributed by atoms with Crippen molar-refractivity contribution in [3.8, 4) is 0 Å². The zero-order valence-electron chi connectivity index (χ0n) is 8.76. The highest BCUT2D eigenvalue weighted by molar-refractivity contribution is 9.10. The van der Waals surface area contributed by atoms with Crippen LogP contribution in [0.15, 0.2) is 28.7 Å². The standard InChI is InChI=1S/C11H10BrF3O2/c12-10-4-2-1-3-8(10)5-9(16)6-17-7-11(13,14)15/h1-4H,5-7H2. The second-order valence-corrected chi connectivity index (χ2v) is 4.27. The third kappa shape index (κ3) is 5.83. The number of benzene rings is 1. The number of hydrogen-bond acceptors (Lipinski definition) is 2. The Kier molecular flexibility index (Phi) is 5.14. The first-order valence-corrected chi connectivity index (χ1v) is 5.57. The van der Waals surface area contributed by atoms with Crippen LogP contribution in [0.25, 0.3) is 0 Å². The van der Waals surface area contributed by atoms with Gasteiger partial charge in [-0.05, 0) is 11.6 Å². The summed E-state index contributed by atoms with van der Waals surface area (Å²) in [4.78, 5) is 11.3. The highest BCUT2D eigenvalue weighted by Crippen LogP contribution is 2.17. The number of Topliss-reactive ketones (excluding diaryl/α,β-unsaturated/α-hetero) is 1. The van der Waals surface area contributed by atoms with Crippen LogP contribution in [-0.4, -0.2) is 25.2 Å². The first-order valence-electron chi connectivity index (χ1n) is 4.78. The van der Waals surface area contributed by atoms with E-state index in [1.54, 1.807) is 24.3 Å². The van der Waals surface area contributed by atoms with Crippen molar-refractivity contribution < 1.29 is 22.7 Å². The molecule has 0 saturated heterocycles. The molecule has 1 rings (SSSR count). The molecule has 0 heterocycles. The lowest BCUT2D eigenvalue weighted by Crippen LogP contribution is -2.21. The lowest BCUT2D eigenvalue weighted by molar-refractivity contribution is -0.175. The summed E-state index contributed by atoms with van der Waals surface area (Å²) in [5.74, 6) is -0.388. The monoisotopic (exact) mass is 310 g/mol. The van der Waals surface area contributed by atoms with Gasteiger partial charge >= 0.3 is 6.18 Å². The molecule has 1 aromatic carbocycles. The molecule has 0 bridgehead atoms. The Morgan fingerprint density at radius 3 is 2.53 bits per heavy atom. The Bertz CT molecular complexity index is 391. The molecule has 0 amide bonds. The normalized spacial score (nSPS) is 11.5. The van der Waals surface area contributed by atoms with Crippen LogP contribution in [-0.2, 0) is 16.0 Å². The van der Waals surface area contributed by atoms with Gasteiger partial charge in [-0.2, -0.15) is 13.2 Å². The van der Waals surface area contributed by atoms with E-state index in [9.17, 15) is 18.0 Å². The van der Waals surface area contributed by atoms with Gasteiger partial charge in [0.1, 0.15) is 13.2 Å². The number of halogens is 4. The van der Waals surface area contributed by atoms with Crippen molar-refractivity contribution in [2.75, 3.05) is 13.2 Å². The van der Waals surface area contributed by atoms with Crippen LogP contribution in [0.5, 0.6) is 0 Å². The van der Waals surface area contributed by atoms with Crippen LogP contribution in [0.2, 0.25) is 0 Å². The molecular formula is C11H10BrF3O2. The number of alkyl halides is 3. The molecule has 2 nitrogen and oxygen atoms in total. The lowest BCUT2D eigenvalue weighted by Gasteiger charge is -2.07. The summed E-state index contributed by atoms with van der Waals surface area (Å²) in [6.45, 7) is -1.92. The zero-order chi connectivity index (χ0) is 12.9. The van der Waals surface area contributed by atoms with Crippen molar-refractivity contribution >= 4 is 21.7 Å². The Morgan fingerprint density at radius 1 is 1.29 bits per heavy atom. The second-order valence-electron chi connectivity index (χ2n) is 3.41. The highest BCUT2D eigenvalue weighted by atomic mass is 79.9. The molecule has 0 aromatic heterocycles. The van der Waals surface area contributed by atoms with Gasteiger partial charge in [0.2, 0.25) is 0 Å². The quantitative estimate of drug-likeness (QED) is 0.835. The summed E-state index contributed by atoms with van der Waals surface area (Å²) >= 11 is 3.25. The van der Waals surface area contributed by atoms with Gasteiger partial charge in [0.15, 0.2) is 5.78 Å².